The van der Waals surface area contributed by atoms with E-state index in [9.17, 15) is 4.21 Å². The molecule has 94 valence electrons. The monoisotopic (exact) mass is 259 g/mol. The van der Waals surface area contributed by atoms with E-state index >= 15 is 0 Å². The lowest BCUT2D eigenvalue weighted by Crippen LogP contribution is -2.02. The molecule has 2 N–H and O–H groups in total. The summed E-state index contributed by atoms with van der Waals surface area (Å²) in [7, 11) is -0.958. The van der Waals surface area contributed by atoms with Gasteiger partial charge in [-0.3, -0.25) is 4.21 Å². The fourth-order valence-corrected chi connectivity index (χ4v) is 2.95. The molecule has 0 saturated heterocycles. The number of rotatable bonds is 4. The fourth-order valence-electron chi connectivity index (χ4n) is 1.76. The molecule has 2 nitrogen and oxygen atoms in total. The van der Waals surface area contributed by atoms with E-state index in [-0.39, 0.29) is 0 Å². The Labute approximate surface area is 110 Å². The minimum atomic E-state index is -0.958. The van der Waals surface area contributed by atoms with E-state index < -0.39 is 10.8 Å². The van der Waals surface area contributed by atoms with Crippen LogP contribution < -0.4 is 5.73 Å². The summed E-state index contributed by atoms with van der Waals surface area (Å²) in [5, 5.41) is 0. The van der Waals surface area contributed by atoms with Crippen LogP contribution in [-0.4, -0.2) is 9.96 Å². The third-order valence-corrected chi connectivity index (χ3v) is 4.28. The van der Waals surface area contributed by atoms with Crippen LogP contribution in [0.2, 0.25) is 0 Å². The lowest BCUT2D eigenvalue weighted by Gasteiger charge is -2.05. The molecule has 0 aromatic heterocycles. The van der Waals surface area contributed by atoms with Gasteiger partial charge >= 0.3 is 0 Å². The Morgan fingerprint density at radius 2 is 1.83 bits per heavy atom. The van der Waals surface area contributed by atoms with E-state index in [1.807, 2.05) is 43.3 Å². The van der Waals surface area contributed by atoms with Crippen molar-refractivity contribution in [1.82, 2.24) is 0 Å². The number of nitrogens with two attached hydrogens (primary N) is 1. The van der Waals surface area contributed by atoms with Crippen molar-refractivity contribution in [1.29, 1.82) is 0 Å². The summed E-state index contributed by atoms with van der Waals surface area (Å²) < 4.78 is 12.2. The second kappa shape index (κ2) is 5.83. The van der Waals surface area contributed by atoms with Crippen LogP contribution in [0.25, 0.3) is 0 Å². The first kappa shape index (κ1) is 12.8. The Kier molecular flexibility index (Phi) is 4.15. The second-order valence-corrected chi connectivity index (χ2v) is 5.87. The first-order chi connectivity index (χ1) is 8.66. The third kappa shape index (κ3) is 3.20. The normalized spacial score (nSPS) is 12.3. The molecule has 2 rings (SSSR count). The summed E-state index contributed by atoms with van der Waals surface area (Å²) in [5.41, 5.74) is 8.71. The molecule has 0 amide bonds. The minimum absolute atomic E-state index is 0.646. The molecular weight excluding hydrogens is 242 g/mol. The maximum atomic E-state index is 12.2. The molecule has 3 heteroatoms. The van der Waals surface area contributed by atoms with E-state index in [1.54, 1.807) is 0 Å². The lowest BCUT2D eigenvalue weighted by molar-refractivity contribution is 0.682. The number of anilines is 1. The molecule has 1 unspecified atom stereocenters. The van der Waals surface area contributed by atoms with Crippen molar-refractivity contribution in [3.05, 3.63) is 59.7 Å². The average molecular weight is 259 g/mol. The van der Waals surface area contributed by atoms with Crippen LogP contribution in [0.4, 0.5) is 5.69 Å². The summed E-state index contributed by atoms with van der Waals surface area (Å²) >= 11 is 0. The zero-order chi connectivity index (χ0) is 13.0. The molecule has 0 fully saturated rings. The highest BCUT2D eigenvalue weighted by molar-refractivity contribution is 7.85. The van der Waals surface area contributed by atoms with Crippen molar-refractivity contribution in [3.63, 3.8) is 0 Å². The minimum Gasteiger partial charge on any atom is -0.399 e. The van der Waals surface area contributed by atoms with Crippen LogP contribution in [0.15, 0.2) is 53.4 Å². The summed E-state index contributed by atoms with van der Waals surface area (Å²) in [6.45, 7) is 1.94. The lowest BCUT2D eigenvalue weighted by atomic mass is 10.2. The van der Waals surface area contributed by atoms with Crippen LogP contribution in [0, 0.1) is 6.92 Å². The summed E-state index contributed by atoms with van der Waals surface area (Å²) in [4.78, 5) is 0.859. The van der Waals surface area contributed by atoms with Crippen molar-refractivity contribution >= 4 is 16.5 Å². The maximum absolute atomic E-state index is 12.2. The smallest absolute Gasteiger partial charge is 0.0532 e. The highest BCUT2D eigenvalue weighted by Gasteiger charge is 2.05. The highest BCUT2D eigenvalue weighted by Crippen LogP contribution is 2.16. The molecule has 2 aromatic rings. The van der Waals surface area contributed by atoms with Gasteiger partial charge in [0.25, 0.3) is 0 Å². The summed E-state index contributed by atoms with van der Waals surface area (Å²) in [5.74, 6) is 0.646. The predicted molar refractivity (Wildman–Crippen MR) is 77.0 cm³/mol. The van der Waals surface area contributed by atoms with Gasteiger partial charge in [-0.1, -0.05) is 30.3 Å². The first-order valence-electron chi connectivity index (χ1n) is 5.95. The first-order valence-corrected chi connectivity index (χ1v) is 7.27. The van der Waals surface area contributed by atoms with Crippen LogP contribution in [0.3, 0.4) is 0 Å². The zero-order valence-corrected chi connectivity index (χ0v) is 11.2. The van der Waals surface area contributed by atoms with E-state index in [0.717, 1.165) is 22.6 Å². The number of hydrogen-bond donors (Lipinski definition) is 1. The second-order valence-electron chi connectivity index (χ2n) is 4.30. The number of nitrogen functional groups attached to an aromatic ring is 1. The van der Waals surface area contributed by atoms with Gasteiger partial charge in [0.15, 0.2) is 0 Å². The Balaban J connectivity index is 2.02. The largest absolute Gasteiger partial charge is 0.399 e. The number of benzene rings is 2. The molecule has 1 atom stereocenters. The van der Waals surface area contributed by atoms with Gasteiger partial charge in [-0.2, -0.15) is 0 Å². The molecule has 2 aromatic carbocycles. The molecule has 0 heterocycles. The maximum Gasteiger partial charge on any atom is 0.0532 e. The van der Waals surface area contributed by atoms with Crippen molar-refractivity contribution in [2.24, 2.45) is 0 Å². The van der Waals surface area contributed by atoms with Gasteiger partial charge in [0, 0.05) is 16.3 Å². The van der Waals surface area contributed by atoms with Crippen LogP contribution in [-0.2, 0) is 17.2 Å². The van der Waals surface area contributed by atoms with E-state index in [1.165, 1.54) is 5.56 Å². The van der Waals surface area contributed by atoms with Crippen LogP contribution in [0.1, 0.15) is 11.1 Å². The van der Waals surface area contributed by atoms with Gasteiger partial charge in [0.05, 0.1) is 10.8 Å². The van der Waals surface area contributed by atoms with Gasteiger partial charge in [0.1, 0.15) is 0 Å². The van der Waals surface area contributed by atoms with Gasteiger partial charge in [-0.05, 0) is 42.7 Å². The summed E-state index contributed by atoms with van der Waals surface area (Å²) in [6.07, 6.45) is 0.830. The molecule has 0 aliphatic carbocycles. The number of aryl methyl sites for hydroxylation is 2. The Bertz CT molecular complexity index is 552. The van der Waals surface area contributed by atoms with Gasteiger partial charge < -0.3 is 5.73 Å². The van der Waals surface area contributed by atoms with Crippen LogP contribution >= 0.6 is 0 Å². The SMILES string of the molecule is Cc1cc(S(=O)CCc2ccccc2)ccc1N. The molecule has 0 spiro atoms. The van der Waals surface area contributed by atoms with E-state index in [0.29, 0.717) is 5.75 Å². The zero-order valence-electron chi connectivity index (χ0n) is 10.4. The topological polar surface area (TPSA) is 43.1 Å². The standard InChI is InChI=1S/C15H17NOS/c1-12-11-14(7-8-15(12)16)18(17)10-9-13-5-3-2-4-6-13/h2-8,11H,9-10,16H2,1H3. The molecule has 0 saturated carbocycles. The fraction of sp³-hybridized carbons (Fsp3) is 0.200. The molecule has 0 aliphatic heterocycles. The Morgan fingerprint density at radius 1 is 1.11 bits per heavy atom. The van der Waals surface area contributed by atoms with Crippen LogP contribution in [0.5, 0.6) is 0 Å². The predicted octanol–water partition coefficient (Wildman–Crippen LogP) is 2.93. The van der Waals surface area contributed by atoms with Crippen molar-refractivity contribution in [2.75, 3.05) is 11.5 Å². The highest BCUT2D eigenvalue weighted by atomic mass is 32.2. The van der Waals surface area contributed by atoms with Gasteiger partial charge in [-0.25, -0.2) is 0 Å². The molecule has 0 bridgehead atoms. The molecule has 0 aliphatic rings. The third-order valence-electron chi connectivity index (χ3n) is 2.92. The van der Waals surface area contributed by atoms with E-state index in [4.69, 9.17) is 5.73 Å². The molecular formula is C15H17NOS. The van der Waals surface area contributed by atoms with Crippen molar-refractivity contribution in [2.45, 2.75) is 18.2 Å². The summed E-state index contributed by atoms with van der Waals surface area (Å²) in [6, 6.07) is 15.7. The number of hydrogen-bond acceptors (Lipinski definition) is 2. The van der Waals surface area contributed by atoms with Crippen molar-refractivity contribution < 1.29 is 4.21 Å². The Morgan fingerprint density at radius 3 is 2.50 bits per heavy atom. The van der Waals surface area contributed by atoms with Gasteiger partial charge in [0.2, 0.25) is 0 Å². The molecule has 18 heavy (non-hydrogen) atoms. The van der Waals surface area contributed by atoms with Crippen molar-refractivity contribution in [3.8, 4) is 0 Å². The van der Waals surface area contributed by atoms with E-state index in [2.05, 4.69) is 12.1 Å². The quantitative estimate of drug-likeness (QED) is 0.858. The average Bonchev–Trinajstić information content (AvgIpc) is 2.40. The molecule has 0 radical (unpaired) electrons. The Hall–Kier alpha value is -1.61. The van der Waals surface area contributed by atoms with Gasteiger partial charge in [-0.15, -0.1) is 0 Å².